The van der Waals surface area contributed by atoms with E-state index in [1.165, 1.54) is 0 Å². The summed E-state index contributed by atoms with van der Waals surface area (Å²) in [5, 5.41) is 2.73. The highest BCUT2D eigenvalue weighted by atomic mass is 16.1. The average Bonchev–Trinajstić information content (AvgIpc) is 1.99. The van der Waals surface area contributed by atoms with Crippen LogP contribution >= 0.6 is 0 Å². The van der Waals surface area contributed by atoms with Crippen LogP contribution in [0.4, 0.5) is 0 Å². The predicted octanol–water partition coefficient (Wildman–Crippen LogP) is 0.142. The first-order valence-electron chi connectivity index (χ1n) is 3.38. The van der Waals surface area contributed by atoms with Crippen LogP contribution in [-0.2, 0) is 9.59 Å². The highest BCUT2D eigenvalue weighted by Gasteiger charge is 2.07. The standard InChI is InChI=1S/C7H13NO2/c1-3-7(10)4-6(5-9)8-2/h5-6,8H,3-4H2,1-2H3/t6-/m1/s1. The average molecular weight is 143 g/mol. The van der Waals surface area contributed by atoms with Crippen molar-refractivity contribution in [1.82, 2.24) is 5.32 Å². The van der Waals surface area contributed by atoms with E-state index >= 15 is 0 Å². The Balaban J connectivity index is 3.62. The van der Waals surface area contributed by atoms with Crippen molar-refractivity contribution >= 4 is 12.1 Å². The van der Waals surface area contributed by atoms with E-state index in [0.717, 1.165) is 6.29 Å². The van der Waals surface area contributed by atoms with E-state index in [1.54, 1.807) is 14.0 Å². The molecule has 0 aliphatic heterocycles. The lowest BCUT2D eigenvalue weighted by Crippen LogP contribution is -2.29. The van der Waals surface area contributed by atoms with Crippen molar-refractivity contribution in [3.8, 4) is 0 Å². The van der Waals surface area contributed by atoms with Gasteiger partial charge in [-0.3, -0.25) is 4.79 Å². The second-order valence-electron chi connectivity index (χ2n) is 2.13. The van der Waals surface area contributed by atoms with Crippen molar-refractivity contribution in [1.29, 1.82) is 0 Å². The first-order valence-corrected chi connectivity index (χ1v) is 3.38. The summed E-state index contributed by atoms with van der Waals surface area (Å²) in [6.45, 7) is 1.79. The van der Waals surface area contributed by atoms with Gasteiger partial charge in [-0.05, 0) is 7.05 Å². The highest BCUT2D eigenvalue weighted by Crippen LogP contribution is 1.92. The van der Waals surface area contributed by atoms with Crippen molar-refractivity contribution in [2.75, 3.05) is 7.05 Å². The molecule has 0 aliphatic rings. The van der Waals surface area contributed by atoms with Crippen LogP contribution in [-0.4, -0.2) is 25.2 Å². The molecule has 0 bridgehead atoms. The van der Waals surface area contributed by atoms with Crippen LogP contribution in [0.5, 0.6) is 0 Å². The molecule has 0 radical (unpaired) electrons. The van der Waals surface area contributed by atoms with E-state index in [4.69, 9.17) is 0 Å². The summed E-state index contributed by atoms with van der Waals surface area (Å²) in [5.41, 5.74) is 0. The second kappa shape index (κ2) is 5.11. The van der Waals surface area contributed by atoms with E-state index < -0.39 is 0 Å². The van der Waals surface area contributed by atoms with E-state index in [2.05, 4.69) is 5.32 Å². The molecule has 0 saturated carbocycles. The molecule has 0 fully saturated rings. The van der Waals surface area contributed by atoms with Gasteiger partial charge in [0.05, 0.1) is 6.04 Å². The van der Waals surface area contributed by atoms with Crippen LogP contribution in [0.15, 0.2) is 0 Å². The molecular weight excluding hydrogens is 130 g/mol. The molecule has 0 aromatic rings. The summed E-state index contributed by atoms with van der Waals surface area (Å²) in [4.78, 5) is 20.9. The number of aldehydes is 1. The molecule has 0 spiro atoms. The molecule has 0 amide bonds. The number of carbonyl (C=O) groups is 2. The van der Waals surface area contributed by atoms with Crippen LogP contribution < -0.4 is 5.32 Å². The van der Waals surface area contributed by atoms with Crippen LogP contribution in [0.25, 0.3) is 0 Å². The fourth-order valence-electron chi connectivity index (χ4n) is 0.608. The van der Waals surface area contributed by atoms with Crippen molar-refractivity contribution in [2.45, 2.75) is 25.8 Å². The Morgan fingerprint density at radius 1 is 1.70 bits per heavy atom. The smallest absolute Gasteiger partial charge is 0.137 e. The predicted molar refractivity (Wildman–Crippen MR) is 38.8 cm³/mol. The zero-order valence-electron chi connectivity index (χ0n) is 6.39. The van der Waals surface area contributed by atoms with Crippen molar-refractivity contribution in [3.63, 3.8) is 0 Å². The number of nitrogens with one attached hydrogen (secondary N) is 1. The van der Waals surface area contributed by atoms with Gasteiger partial charge in [0.15, 0.2) is 0 Å². The van der Waals surface area contributed by atoms with E-state index in [9.17, 15) is 9.59 Å². The van der Waals surface area contributed by atoms with Crippen LogP contribution in [0, 0.1) is 0 Å². The Kier molecular flexibility index (Phi) is 4.76. The summed E-state index contributed by atoms with van der Waals surface area (Å²) in [7, 11) is 1.67. The molecule has 3 nitrogen and oxygen atoms in total. The summed E-state index contributed by atoms with van der Waals surface area (Å²) in [5.74, 6) is 0.117. The normalized spacial score (nSPS) is 12.6. The van der Waals surface area contributed by atoms with Gasteiger partial charge in [0, 0.05) is 12.8 Å². The lowest BCUT2D eigenvalue weighted by molar-refractivity contribution is -0.121. The Labute approximate surface area is 60.8 Å². The minimum absolute atomic E-state index is 0.117. The molecular formula is C7H13NO2. The fraction of sp³-hybridized carbons (Fsp3) is 0.714. The molecule has 0 aliphatic carbocycles. The highest BCUT2D eigenvalue weighted by molar-refractivity contribution is 5.81. The molecule has 1 atom stereocenters. The first kappa shape index (κ1) is 9.30. The third-order valence-corrected chi connectivity index (χ3v) is 1.38. The monoisotopic (exact) mass is 143 g/mol. The van der Waals surface area contributed by atoms with Gasteiger partial charge < -0.3 is 10.1 Å². The van der Waals surface area contributed by atoms with E-state index in [1.807, 2.05) is 0 Å². The number of Topliss-reactive ketones (excluding diaryl/α,β-unsaturated/α-hetero) is 1. The van der Waals surface area contributed by atoms with Gasteiger partial charge >= 0.3 is 0 Å². The molecule has 0 unspecified atom stereocenters. The zero-order chi connectivity index (χ0) is 7.98. The second-order valence-corrected chi connectivity index (χ2v) is 2.13. The molecule has 0 heterocycles. The SMILES string of the molecule is CCC(=O)C[C@H](C=O)NC. The number of ketones is 1. The van der Waals surface area contributed by atoms with Gasteiger partial charge in [-0.25, -0.2) is 0 Å². The van der Waals surface area contributed by atoms with Crippen molar-refractivity contribution in [3.05, 3.63) is 0 Å². The zero-order valence-corrected chi connectivity index (χ0v) is 6.39. The Morgan fingerprint density at radius 3 is 2.60 bits per heavy atom. The largest absolute Gasteiger partial charge is 0.310 e. The molecule has 0 aromatic carbocycles. The fourth-order valence-corrected chi connectivity index (χ4v) is 0.608. The maximum absolute atomic E-state index is 10.7. The molecule has 10 heavy (non-hydrogen) atoms. The number of rotatable bonds is 5. The Morgan fingerprint density at radius 2 is 2.30 bits per heavy atom. The van der Waals surface area contributed by atoms with Crippen LogP contribution in [0.3, 0.4) is 0 Å². The quantitative estimate of drug-likeness (QED) is 0.557. The lowest BCUT2D eigenvalue weighted by Gasteiger charge is -2.05. The summed E-state index contributed by atoms with van der Waals surface area (Å²) in [6, 6.07) is -0.299. The molecule has 0 aromatic heterocycles. The Bertz CT molecular complexity index is 123. The van der Waals surface area contributed by atoms with Gasteiger partial charge in [-0.15, -0.1) is 0 Å². The summed E-state index contributed by atoms with van der Waals surface area (Å²) < 4.78 is 0. The lowest BCUT2D eigenvalue weighted by atomic mass is 10.1. The van der Waals surface area contributed by atoms with Gasteiger partial charge in [0.1, 0.15) is 12.1 Å². The molecule has 3 heteroatoms. The molecule has 0 rings (SSSR count). The third-order valence-electron chi connectivity index (χ3n) is 1.38. The number of hydrogen-bond donors (Lipinski definition) is 1. The summed E-state index contributed by atoms with van der Waals surface area (Å²) in [6.07, 6.45) is 1.58. The maximum atomic E-state index is 10.7. The van der Waals surface area contributed by atoms with Crippen LogP contribution in [0.1, 0.15) is 19.8 Å². The van der Waals surface area contributed by atoms with E-state index in [0.29, 0.717) is 12.8 Å². The number of hydrogen-bond acceptors (Lipinski definition) is 3. The topological polar surface area (TPSA) is 46.2 Å². The molecule has 1 N–H and O–H groups in total. The van der Waals surface area contributed by atoms with Crippen LogP contribution in [0.2, 0.25) is 0 Å². The molecule has 58 valence electrons. The van der Waals surface area contributed by atoms with Gasteiger partial charge in [0.2, 0.25) is 0 Å². The van der Waals surface area contributed by atoms with Crippen molar-refractivity contribution < 1.29 is 9.59 Å². The number of carbonyl (C=O) groups excluding carboxylic acids is 2. The summed E-state index contributed by atoms with van der Waals surface area (Å²) >= 11 is 0. The maximum Gasteiger partial charge on any atom is 0.137 e. The molecule has 0 saturated heterocycles. The van der Waals surface area contributed by atoms with Crippen molar-refractivity contribution in [2.24, 2.45) is 0 Å². The minimum Gasteiger partial charge on any atom is -0.310 e. The Hall–Kier alpha value is -0.700. The van der Waals surface area contributed by atoms with Gasteiger partial charge in [0.25, 0.3) is 0 Å². The van der Waals surface area contributed by atoms with Gasteiger partial charge in [-0.2, -0.15) is 0 Å². The third kappa shape index (κ3) is 3.35. The number of likely N-dealkylation sites (N-methyl/N-ethyl adjacent to an activating group) is 1. The minimum atomic E-state index is -0.299. The first-order chi connectivity index (χ1) is 4.74. The van der Waals surface area contributed by atoms with E-state index in [-0.39, 0.29) is 11.8 Å². The van der Waals surface area contributed by atoms with Gasteiger partial charge in [-0.1, -0.05) is 6.92 Å².